The standard InChI is InChI=1S/C13H19N3O3/c1-10(12(17)15-8-7-14)16-13(18)19-9-11-5-3-2-4-6-11/h2-6,10H,7-9,14H2,1H3,(H,15,17)(H,16,18). The summed E-state index contributed by atoms with van der Waals surface area (Å²) in [6.07, 6.45) is -0.626. The van der Waals surface area contributed by atoms with Crippen LogP contribution in [0.1, 0.15) is 12.5 Å². The van der Waals surface area contributed by atoms with Crippen LogP contribution in [0.2, 0.25) is 0 Å². The third-order valence-corrected chi connectivity index (χ3v) is 2.38. The van der Waals surface area contributed by atoms with E-state index in [4.69, 9.17) is 10.5 Å². The molecule has 0 saturated carbocycles. The Hall–Kier alpha value is -2.08. The molecule has 0 aliphatic rings. The summed E-state index contributed by atoms with van der Waals surface area (Å²) in [5, 5.41) is 5.02. The highest BCUT2D eigenvalue weighted by atomic mass is 16.5. The average molecular weight is 265 g/mol. The zero-order chi connectivity index (χ0) is 14.1. The molecule has 0 heterocycles. The van der Waals surface area contributed by atoms with Gasteiger partial charge < -0.3 is 21.1 Å². The molecule has 1 aromatic carbocycles. The maximum atomic E-state index is 11.5. The van der Waals surface area contributed by atoms with Gasteiger partial charge in [0.05, 0.1) is 0 Å². The summed E-state index contributed by atoms with van der Waals surface area (Å²) in [5.74, 6) is -0.290. The first-order chi connectivity index (χ1) is 9.13. The van der Waals surface area contributed by atoms with E-state index in [1.165, 1.54) is 0 Å². The number of nitrogens with one attached hydrogen (secondary N) is 2. The SMILES string of the molecule is CC(NC(=O)OCc1ccccc1)C(=O)NCCN. The van der Waals surface area contributed by atoms with Crippen LogP contribution >= 0.6 is 0 Å². The number of carbonyl (C=O) groups is 2. The average Bonchev–Trinajstić information content (AvgIpc) is 2.43. The lowest BCUT2D eigenvalue weighted by Gasteiger charge is -2.13. The smallest absolute Gasteiger partial charge is 0.408 e. The molecular weight excluding hydrogens is 246 g/mol. The van der Waals surface area contributed by atoms with Crippen LogP contribution < -0.4 is 16.4 Å². The van der Waals surface area contributed by atoms with Crippen molar-refractivity contribution >= 4 is 12.0 Å². The molecule has 1 rings (SSSR count). The molecular formula is C13H19N3O3. The van der Waals surface area contributed by atoms with E-state index in [-0.39, 0.29) is 12.5 Å². The van der Waals surface area contributed by atoms with Crippen LogP contribution in [0.5, 0.6) is 0 Å². The van der Waals surface area contributed by atoms with Crippen molar-refractivity contribution in [3.8, 4) is 0 Å². The molecule has 0 spiro atoms. The molecule has 0 fully saturated rings. The zero-order valence-corrected chi connectivity index (χ0v) is 10.9. The van der Waals surface area contributed by atoms with Gasteiger partial charge in [-0.15, -0.1) is 0 Å². The van der Waals surface area contributed by atoms with Crippen molar-refractivity contribution in [3.05, 3.63) is 35.9 Å². The molecule has 6 nitrogen and oxygen atoms in total. The first kappa shape index (κ1) is 15.0. The molecule has 2 amide bonds. The van der Waals surface area contributed by atoms with Crippen molar-refractivity contribution in [2.45, 2.75) is 19.6 Å². The number of ether oxygens (including phenoxy) is 1. The predicted molar refractivity (Wildman–Crippen MR) is 71.3 cm³/mol. The Kier molecular flexibility index (Phi) is 6.38. The number of hydrogen-bond donors (Lipinski definition) is 3. The Morgan fingerprint density at radius 2 is 2.00 bits per heavy atom. The van der Waals surface area contributed by atoms with Gasteiger partial charge in [-0.3, -0.25) is 4.79 Å². The summed E-state index contributed by atoms with van der Waals surface area (Å²) in [5.41, 5.74) is 6.15. The molecule has 1 atom stereocenters. The second-order valence-electron chi connectivity index (χ2n) is 4.01. The number of alkyl carbamates (subject to hydrolysis) is 1. The topological polar surface area (TPSA) is 93.4 Å². The van der Waals surface area contributed by atoms with Gasteiger partial charge >= 0.3 is 6.09 Å². The largest absolute Gasteiger partial charge is 0.445 e. The lowest BCUT2D eigenvalue weighted by Crippen LogP contribution is -2.46. The Morgan fingerprint density at radius 3 is 2.63 bits per heavy atom. The number of carbonyl (C=O) groups excluding carboxylic acids is 2. The summed E-state index contributed by atoms with van der Waals surface area (Å²) in [7, 11) is 0. The summed E-state index contributed by atoms with van der Waals surface area (Å²) < 4.78 is 5.00. The van der Waals surface area contributed by atoms with Crippen LogP contribution in [0.4, 0.5) is 4.79 Å². The molecule has 0 bridgehead atoms. The Labute approximate surface area is 112 Å². The minimum Gasteiger partial charge on any atom is -0.445 e. The van der Waals surface area contributed by atoms with E-state index in [1.54, 1.807) is 6.92 Å². The van der Waals surface area contributed by atoms with Crippen molar-refractivity contribution < 1.29 is 14.3 Å². The lowest BCUT2D eigenvalue weighted by molar-refractivity contribution is -0.122. The molecule has 4 N–H and O–H groups in total. The van der Waals surface area contributed by atoms with E-state index < -0.39 is 12.1 Å². The minimum absolute atomic E-state index is 0.170. The van der Waals surface area contributed by atoms with E-state index in [0.717, 1.165) is 5.56 Å². The van der Waals surface area contributed by atoms with Gasteiger partial charge in [0.25, 0.3) is 0 Å². The Balaban J connectivity index is 2.29. The van der Waals surface area contributed by atoms with Crippen LogP contribution in [0.25, 0.3) is 0 Å². The molecule has 0 aliphatic heterocycles. The maximum absolute atomic E-state index is 11.5. The quantitative estimate of drug-likeness (QED) is 0.693. The normalized spacial score (nSPS) is 11.5. The van der Waals surface area contributed by atoms with Crippen LogP contribution in [0.3, 0.4) is 0 Å². The Morgan fingerprint density at radius 1 is 1.32 bits per heavy atom. The first-order valence-corrected chi connectivity index (χ1v) is 6.08. The molecule has 6 heteroatoms. The maximum Gasteiger partial charge on any atom is 0.408 e. The van der Waals surface area contributed by atoms with Gasteiger partial charge in [-0.05, 0) is 12.5 Å². The van der Waals surface area contributed by atoms with Crippen molar-refractivity contribution in [2.75, 3.05) is 13.1 Å². The van der Waals surface area contributed by atoms with E-state index in [1.807, 2.05) is 30.3 Å². The fourth-order valence-electron chi connectivity index (χ4n) is 1.36. The highest BCUT2D eigenvalue weighted by Gasteiger charge is 2.15. The molecule has 19 heavy (non-hydrogen) atoms. The van der Waals surface area contributed by atoms with Gasteiger partial charge in [0, 0.05) is 13.1 Å². The number of benzene rings is 1. The van der Waals surface area contributed by atoms with Crippen LogP contribution in [-0.4, -0.2) is 31.1 Å². The molecule has 104 valence electrons. The zero-order valence-electron chi connectivity index (χ0n) is 10.9. The fourth-order valence-corrected chi connectivity index (χ4v) is 1.36. The molecule has 0 aliphatic carbocycles. The Bertz CT molecular complexity index is 409. The number of nitrogens with two attached hydrogens (primary N) is 1. The molecule has 1 aromatic rings. The second kappa shape index (κ2) is 8.10. The van der Waals surface area contributed by atoms with Crippen molar-refractivity contribution in [1.29, 1.82) is 0 Å². The molecule has 0 aromatic heterocycles. The van der Waals surface area contributed by atoms with Crippen molar-refractivity contribution in [1.82, 2.24) is 10.6 Å². The van der Waals surface area contributed by atoms with E-state index in [0.29, 0.717) is 13.1 Å². The summed E-state index contributed by atoms with van der Waals surface area (Å²) in [6, 6.07) is 8.65. The monoisotopic (exact) mass is 265 g/mol. The first-order valence-electron chi connectivity index (χ1n) is 6.08. The molecule has 0 saturated heterocycles. The third-order valence-electron chi connectivity index (χ3n) is 2.38. The number of amides is 2. The summed E-state index contributed by atoms with van der Waals surface area (Å²) in [6.45, 7) is 2.49. The third kappa shape index (κ3) is 5.87. The highest BCUT2D eigenvalue weighted by Crippen LogP contribution is 2.00. The van der Waals surface area contributed by atoms with Gasteiger partial charge in [-0.2, -0.15) is 0 Å². The highest BCUT2D eigenvalue weighted by molar-refractivity contribution is 5.85. The van der Waals surface area contributed by atoms with Crippen LogP contribution in [0.15, 0.2) is 30.3 Å². The van der Waals surface area contributed by atoms with Gasteiger partial charge in [-0.1, -0.05) is 30.3 Å². The number of rotatable bonds is 6. The fraction of sp³-hybridized carbons (Fsp3) is 0.385. The lowest BCUT2D eigenvalue weighted by atomic mass is 10.2. The van der Waals surface area contributed by atoms with Crippen LogP contribution in [0, 0.1) is 0 Å². The summed E-state index contributed by atoms with van der Waals surface area (Å²) >= 11 is 0. The van der Waals surface area contributed by atoms with Gasteiger partial charge in [0.1, 0.15) is 12.6 Å². The van der Waals surface area contributed by atoms with Gasteiger partial charge in [0.2, 0.25) is 5.91 Å². The van der Waals surface area contributed by atoms with E-state index in [2.05, 4.69) is 10.6 Å². The van der Waals surface area contributed by atoms with E-state index >= 15 is 0 Å². The molecule has 0 radical (unpaired) electrons. The number of hydrogen-bond acceptors (Lipinski definition) is 4. The van der Waals surface area contributed by atoms with Crippen molar-refractivity contribution in [2.24, 2.45) is 5.73 Å². The van der Waals surface area contributed by atoms with Crippen molar-refractivity contribution in [3.63, 3.8) is 0 Å². The van der Waals surface area contributed by atoms with Gasteiger partial charge in [0.15, 0.2) is 0 Å². The van der Waals surface area contributed by atoms with Crippen LogP contribution in [-0.2, 0) is 16.1 Å². The minimum atomic E-state index is -0.658. The van der Waals surface area contributed by atoms with Gasteiger partial charge in [-0.25, -0.2) is 4.79 Å². The van der Waals surface area contributed by atoms with E-state index in [9.17, 15) is 9.59 Å². The summed E-state index contributed by atoms with van der Waals surface area (Å²) in [4.78, 5) is 22.9. The predicted octanol–water partition coefficient (Wildman–Crippen LogP) is 0.376. The molecule has 1 unspecified atom stereocenters. The second-order valence-corrected chi connectivity index (χ2v) is 4.01.